The molecule has 2 aromatic rings. The number of benzene rings is 2. The van der Waals surface area contributed by atoms with Crippen molar-refractivity contribution < 1.29 is 41.7 Å². The van der Waals surface area contributed by atoms with Crippen LogP contribution in [0.5, 0.6) is 11.5 Å². The Bertz CT molecular complexity index is 1070. The molecule has 0 aliphatic carbocycles. The summed E-state index contributed by atoms with van der Waals surface area (Å²) in [5, 5.41) is 0. The van der Waals surface area contributed by atoms with Gasteiger partial charge < -0.3 is 18.9 Å². The maximum atomic E-state index is 13.4. The fraction of sp³-hybridized carbons (Fsp3) is 0.333. The van der Waals surface area contributed by atoms with Gasteiger partial charge in [-0.25, -0.2) is 5.84 Å². The molecule has 0 saturated carbocycles. The van der Waals surface area contributed by atoms with E-state index in [9.17, 15) is 22.8 Å². The Kier molecular flexibility index (Phi) is 6.54. The molecule has 0 atom stereocenters. The number of methoxy groups -OCH3 is 3. The molecular formula is C21H22F3N3O6. The van der Waals surface area contributed by atoms with Crippen LogP contribution >= 0.6 is 0 Å². The number of carbonyl (C=O) groups is 2. The lowest BCUT2D eigenvalue weighted by molar-refractivity contribution is -0.287. The van der Waals surface area contributed by atoms with E-state index < -0.39 is 29.8 Å². The average Bonchev–Trinajstić information content (AvgIpc) is 3.02. The molecule has 1 aliphatic rings. The van der Waals surface area contributed by atoms with E-state index in [1.807, 2.05) is 5.43 Å². The molecule has 0 spiro atoms. The van der Waals surface area contributed by atoms with E-state index in [1.165, 1.54) is 44.4 Å². The quantitative estimate of drug-likeness (QED) is 0.277. The summed E-state index contributed by atoms with van der Waals surface area (Å²) in [6, 6.07) is 6.48. The van der Waals surface area contributed by atoms with Crippen molar-refractivity contribution in [1.29, 1.82) is 0 Å². The van der Waals surface area contributed by atoms with Crippen LogP contribution in [0.15, 0.2) is 30.3 Å². The molecule has 2 aromatic carbocycles. The van der Waals surface area contributed by atoms with E-state index in [-0.39, 0.29) is 29.0 Å². The number of nitrogens with one attached hydrogen (secondary N) is 1. The Hall–Kier alpha value is -3.35. The highest BCUT2D eigenvalue weighted by molar-refractivity contribution is 6.05. The van der Waals surface area contributed by atoms with Gasteiger partial charge in [0, 0.05) is 14.2 Å². The summed E-state index contributed by atoms with van der Waals surface area (Å²) in [4.78, 5) is 27.0. The Balaban J connectivity index is 2.09. The highest BCUT2D eigenvalue weighted by atomic mass is 19.4. The van der Waals surface area contributed by atoms with Crippen molar-refractivity contribution in [3.63, 3.8) is 0 Å². The fourth-order valence-corrected chi connectivity index (χ4v) is 3.90. The summed E-state index contributed by atoms with van der Waals surface area (Å²) >= 11 is 0. The summed E-state index contributed by atoms with van der Waals surface area (Å²) in [6.45, 7) is 1.54. The van der Waals surface area contributed by atoms with Crippen molar-refractivity contribution in [2.45, 2.75) is 25.7 Å². The molecule has 0 unspecified atom stereocenters. The van der Waals surface area contributed by atoms with Crippen molar-refractivity contribution in [2.75, 3.05) is 21.3 Å². The molecule has 178 valence electrons. The highest BCUT2D eigenvalue weighted by Gasteiger charge is 2.55. The molecule has 0 aromatic heterocycles. The number of hydrogen-bond acceptors (Lipinski definition) is 7. The van der Waals surface area contributed by atoms with E-state index >= 15 is 0 Å². The van der Waals surface area contributed by atoms with Crippen LogP contribution < -0.4 is 20.7 Å². The van der Waals surface area contributed by atoms with E-state index in [0.717, 1.165) is 12.1 Å². The van der Waals surface area contributed by atoms with Gasteiger partial charge in [-0.05, 0) is 36.2 Å². The fourth-order valence-electron chi connectivity index (χ4n) is 3.90. The van der Waals surface area contributed by atoms with Gasteiger partial charge in [0.05, 0.1) is 30.3 Å². The van der Waals surface area contributed by atoms with Gasteiger partial charge in [0.1, 0.15) is 11.5 Å². The summed E-state index contributed by atoms with van der Waals surface area (Å²) in [6.07, 6.45) is -4.82. The molecule has 12 heteroatoms. The van der Waals surface area contributed by atoms with Crippen LogP contribution in [0.25, 0.3) is 0 Å². The number of hydrogen-bond donors (Lipinski definition) is 2. The van der Waals surface area contributed by atoms with Crippen molar-refractivity contribution in [3.8, 4) is 11.5 Å². The van der Waals surface area contributed by atoms with Gasteiger partial charge in [-0.1, -0.05) is 12.1 Å². The third-order valence-corrected chi connectivity index (χ3v) is 5.24. The van der Waals surface area contributed by atoms with Gasteiger partial charge in [0.2, 0.25) is 0 Å². The monoisotopic (exact) mass is 469 g/mol. The third kappa shape index (κ3) is 4.19. The second-order valence-corrected chi connectivity index (χ2v) is 7.07. The number of nitrogens with two attached hydrogens (primary N) is 1. The summed E-state index contributed by atoms with van der Waals surface area (Å²) < 4.78 is 57.9. The zero-order chi connectivity index (χ0) is 24.6. The molecule has 33 heavy (non-hydrogen) atoms. The predicted octanol–water partition coefficient (Wildman–Crippen LogP) is 2.56. The molecule has 0 bridgehead atoms. The normalized spacial score (nSPS) is 14.8. The van der Waals surface area contributed by atoms with E-state index in [2.05, 4.69) is 4.74 Å². The van der Waals surface area contributed by atoms with Crippen LogP contribution in [0.4, 0.5) is 13.2 Å². The number of nitrogen functional groups attached to an aromatic ring is 1. The minimum atomic E-state index is -4.82. The molecule has 0 saturated heterocycles. The molecule has 1 aliphatic heterocycles. The summed E-state index contributed by atoms with van der Waals surface area (Å²) in [7, 11) is 3.94. The van der Waals surface area contributed by atoms with Crippen LogP contribution in [0.1, 0.15) is 37.4 Å². The predicted molar refractivity (Wildman–Crippen MR) is 108 cm³/mol. The van der Waals surface area contributed by atoms with Gasteiger partial charge in [-0.15, -0.1) is 13.2 Å². The smallest absolute Gasteiger partial charge is 0.495 e. The Morgan fingerprint density at radius 3 is 2.24 bits per heavy atom. The number of alkyl halides is 3. The van der Waals surface area contributed by atoms with Gasteiger partial charge >= 0.3 is 6.36 Å². The standard InChI is InChI=1S/C21H22F3N3O6/c1-11-9-14(18(28)26-25)17(30-2)16-15(11)19(29)27(20(16,31-3)32-4)10-12-5-7-13(8-6-12)33-21(22,23)24/h5-9H,10,25H2,1-4H3,(H,26,28). The highest BCUT2D eigenvalue weighted by Crippen LogP contribution is 2.48. The van der Waals surface area contributed by atoms with Crippen LogP contribution in [0.2, 0.25) is 0 Å². The largest absolute Gasteiger partial charge is 0.573 e. The summed E-state index contributed by atoms with van der Waals surface area (Å²) in [5.41, 5.74) is 3.41. The number of rotatable bonds is 7. The number of aryl methyl sites for hydroxylation is 1. The Morgan fingerprint density at radius 1 is 1.15 bits per heavy atom. The first-order chi connectivity index (χ1) is 15.5. The van der Waals surface area contributed by atoms with Crippen LogP contribution in [-0.2, 0) is 21.9 Å². The number of hydrazine groups is 1. The number of halogens is 3. The Labute approximate surface area is 187 Å². The number of fused-ring (bicyclic) bond motifs is 1. The molecule has 1 heterocycles. The molecule has 3 rings (SSSR count). The molecule has 0 radical (unpaired) electrons. The number of amides is 2. The van der Waals surface area contributed by atoms with Crippen molar-refractivity contribution in [1.82, 2.24) is 10.3 Å². The molecule has 3 N–H and O–H groups in total. The maximum absolute atomic E-state index is 13.4. The minimum Gasteiger partial charge on any atom is -0.495 e. The van der Waals surface area contributed by atoms with Crippen molar-refractivity contribution in [3.05, 3.63) is 58.1 Å². The minimum absolute atomic E-state index is 0.0343. The maximum Gasteiger partial charge on any atom is 0.573 e. The Morgan fingerprint density at radius 2 is 1.76 bits per heavy atom. The summed E-state index contributed by atoms with van der Waals surface area (Å²) in [5.74, 6) is 2.00. The zero-order valence-corrected chi connectivity index (χ0v) is 18.2. The first kappa shape index (κ1) is 24.3. The third-order valence-electron chi connectivity index (χ3n) is 5.24. The van der Waals surface area contributed by atoms with Crippen LogP contribution in [0.3, 0.4) is 0 Å². The second kappa shape index (κ2) is 8.89. The van der Waals surface area contributed by atoms with Crippen LogP contribution in [0, 0.1) is 6.92 Å². The number of ether oxygens (including phenoxy) is 4. The van der Waals surface area contributed by atoms with Crippen molar-refractivity contribution >= 4 is 11.8 Å². The van der Waals surface area contributed by atoms with Crippen molar-refractivity contribution in [2.24, 2.45) is 5.84 Å². The second-order valence-electron chi connectivity index (χ2n) is 7.07. The van der Waals surface area contributed by atoms with E-state index in [4.69, 9.17) is 20.1 Å². The lowest BCUT2D eigenvalue weighted by atomic mass is 9.96. The molecular weight excluding hydrogens is 447 g/mol. The average molecular weight is 469 g/mol. The number of nitrogens with zero attached hydrogens (tertiary/aromatic N) is 1. The lowest BCUT2D eigenvalue weighted by Gasteiger charge is -2.36. The zero-order valence-electron chi connectivity index (χ0n) is 18.2. The first-order valence-corrected chi connectivity index (χ1v) is 9.52. The molecule has 0 fully saturated rings. The van der Waals surface area contributed by atoms with Crippen LogP contribution in [-0.4, -0.2) is 44.4 Å². The van der Waals surface area contributed by atoms with Gasteiger partial charge in [0.15, 0.2) is 0 Å². The van der Waals surface area contributed by atoms with Gasteiger partial charge in [-0.3, -0.25) is 19.9 Å². The van der Waals surface area contributed by atoms with E-state index in [0.29, 0.717) is 11.1 Å². The SMILES string of the molecule is COc1c(C(=O)NN)cc(C)c2c1C(OC)(OC)N(Cc1ccc(OC(F)(F)F)cc1)C2=O. The first-order valence-electron chi connectivity index (χ1n) is 9.52. The molecule has 9 nitrogen and oxygen atoms in total. The van der Waals surface area contributed by atoms with Gasteiger partial charge in [-0.2, -0.15) is 0 Å². The number of carbonyl (C=O) groups excluding carboxylic acids is 2. The van der Waals surface area contributed by atoms with E-state index in [1.54, 1.807) is 6.92 Å². The topological polar surface area (TPSA) is 112 Å². The van der Waals surface area contributed by atoms with Gasteiger partial charge in [0.25, 0.3) is 17.7 Å². The lowest BCUT2D eigenvalue weighted by Crippen LogP contribution is -2.46. The molecule has 2 amide bonds.